The van der Waals surface area contributed by atoms with Gasteiger partial charge < -0.3 is 5.32 Å². The van der Waals surface area contributed by atoms with Gasteiger partial charge in [-0.1, -0.05) is 30.3 Å². The topological polar surface area (TPSA) is 51.1 Å². The maximum atomic E-state index is 13.4. The number of pyridine rings is 1. The summed E-state index contributed by atoms with van der Waals surface area (Å²) >= 11 is 0. The zero-order valence-corrected chi connectivity index (χ0v) is 16.2. The lowest BCUT2D eigenvalue weighted by Gasteiger charge is -2.17. The van der Waals surface area contributed by atoms with Crippen molar-refractivity contribution in [2.75, 3.05) is 0 Å². The normalized spacial score (nSPS) is 10.9. The Balaban J connectivity index is 1.83. The molecule has 0 fully saturated rings. The molecule has 1 heterocycles. The van der Waals surface area contributed by atoms with Crippen molar-refractivity contribution in [2.24, 2.45) is 0 Å². The molecule has 0 aliphatic rings. The average Bonchev–Trinajstić information content (AvgIpc) is 2.74. The highest BCUT2D eigenvalue weighted by molar-refractivity contribution is 6.07. The molecule has 1 aromatic heterocycles. The molecule has 0 bridgehead atoms. The van der Waals surface area contributed by atoms with Crippen molar-refractivity contribution in [1.82, 2.24) is 9.88 Å². The van der Waals surface area contributed by atoms with Crippen LogP contribution in [-0.4, -0.2) is 10.5 Å². The second-order valence-corrected chi connectivity index (χ2v) is 6.94. The summed E-state index contributed by atoms with van der Waals surface area (Å²) in [6, 6.07) is 18.3. The molecule has 0 aliphatic carbocycles. The van der Waals surface area contributed by atoms with Gasteiger partial charge in [-0.15, -0.1) is 0 Å². The van der Waals surface area contributed by atoms with Crippen molar-refractivity contribution in [3.63, 3.8) is 0 Å². The van der Waals surface area contributed by atoms with Gasteiger partial charge in [0.15, 0.2) is 0 Å². The van der Waals surface area contributed by atoms with E-state index in [1.807, 2.05) is 0 Å². The molecule has 0 saturated heterocycles. The minimum atomic E-state index is -0.418. The zero-order valence-electron chi connectivity index (χ0n) is 16.2. The molecule has 0 atom stereocenters. The van der Waals surface area contributed by atoms with E-state index in [-0.39, 0.29) is 23.8 Å². The summed E-state index contributed by atoms with van der Waals surface area (Å²) < 4.78 is 28.2. The van der Waals surface area contributed by atoms with Crippen LogP contribution in [0.3, 0.4) is 0 Å². The number of halogens is 2. The molecule has 150 valence electrons. The molecule has 6 heteroatoms. The Morgan fingerprint density at radius 2 is 1.60 bits per heavy atom. The molecule has 0 unspecified atom stereocenters. The molecule has 0 spiro atoms. The number of benzene rings is 3. The highest BCUT2D eigenvalue weighted by Gasteiger charge is 2.20. The van der Waals surface area contributed by atoms with Crippen molar-refractivity contribution in [2.45, 2.75) is 13.5 Å². The molecule has 0 saturated carbocycles. The first-order valence-corrected chi connectivity index (χ1v) is 9.38. The standard InChI is InChI=1S/C24H18F2N2O2/c1-15-22(23(29)27-14-16-5-4-6-18(26)13-16)20-7-2-3-8-21(20)24(30)28(15)19-11-9-17(25)10-12-19/h2-13H,14H2,1H3,(H,27,29). The lowest BCUT2D eigenvalue weighted by molar-refractivity contribution is 0.0951. The number of nitrogens with zero attached hydrogens (tertiary/aromatic N) is 1. The van der Waals surface area contributed by atoms with E-state index in [2.05, 4.69) is 5.32 Å². The van der Waals surface area contributed by atoms with Crippen LogP contribution < -0.4 is 10.9 Å². The number of hydrogen-bond donors (Lipinski definition) is 1. The number of hydrogen-bond acceptors (Lipinski definition) is 2. The summed E-state index contributed by atoms with van der Waals surface area (Å²) in [5.74, 6) is -1.18. The lowest BCUT2D eigenvalue weighted by atomic mass is 10.0. The summed E-state index contributed by atoms with van der Waals surface area (Å²) in [7, 11) is 0. The highest BCUT2D eigenvalue weighted by Crippen LogP contribution is 2.22. The minimum Gasteiger partial charge on any atom is -0.348 e. The fourth-order valence-electron chi connectivity index (χ4n) is 3.57. The van der Waals surface area contributed by atoms with Crippen LogP contribution in [0.5, 0.6) is 0 Å². The van der Waals surface area contributed by atoms with Crippen LogP contribution in [0.4, 0.5) is 8.78 Å². The van der Waals surface area contributed by atoms with Gasteiger partial charge in [0.1, 0.15) is 11.6 Å². The molecule has 0 radical (unpaired) electrons. The predicted octanol–water partition coefficient (Wildman–Crippen LogP) is 4.51. The molecule has 30 heavy (non-hydrogen) atoms. The molecule has 4 aromatic rings. The molecular formula is C24H18F2N2O2. The van der Waals surface area contributed by atoms with Crippen LogP contribution in [0.25, 0.3) is 16.5 Å². The van der Waals surface area contributed by atoms with Gasteiger partial charge in [-0.2, -0.15) is 0 Å². The van der Waals surface area contributed by atoms with E-state index in [0.29, 0.717) is 33.3 Å². The van der Waals surface area contributed by atoms with Crippen LogP contribution in [-0.2, 0) is 6.54 Å². The summed E-state index contributed by atoms with van der Waals surface area (Å²) in [5, 5.41) is 3.70. The molecule has 4 rings (SSSR count). The largest absolute Gasteiger partial charge is 0.348 e. The fraction of sp³-hybridized carbons (Fsp3) is 0.0833. The third kappa shape index (κ3) is 3.59. The molecule has 0 aliphatic heterocycles. The Morgan fingerprint density at radius 1 is 0.900 bits per heavy atom. The molecule has 1 N–H and O–H groups in total. The van der Waals surface area contributed by atoms with Gasteiger partial charge in [-0.3, -0.25) is 14.2 Å². The summed E-state index contributed by atoms with van der Waals surface area (Å²) in [6.45, 7) is 1.81. The second kappa shape index (κ2) is 7.91. The number of carbonyl (C=O) groups is 1. The molecule has 4 nitrogen and oxygen atoms in total. The Kier molecular flexibility index (Phi) is 5.14. The van der Waals surface area contributed by atoms with Crippen LogP contribution >= 0.6 is 0 Å². The quantitative estimate of drug-likeness (QED) is 0.544. The number of rotatable bonds is 4. The third-order valence-corrected chi connectivity index (χ3v) is 4.98. The van der Waals surface area contributed by atoms with E-state index in [0.717, 1.165) is 0 Å². The van der Waals surface area contributed by atoms with Crippen LogP contribution in [0.2, 0.25) is 0 Å². The number of carbonyl (C=O) groups excluding carboxylic acids is 1. The Morgan fingerprint density at radius 3 is 2.30 bits per heavy atom. The number of nitrogens with one attached hydrogen (secondary N) is 1. The third-order valence-electron chi connectivity index (χ3n) is 4.98. The predicted molar refractivity (Wildman–Crippen MR) is 112 cm³/mol. The van der Waals surface area contributed by atoms with Crippen molar-refractivity contribution in [3.05, 3.63) is 112 Å². The van der Waals surface area contributed by atoms with E-state index in [4.69, 9.17) is 0 Å². The minimum absolute atomic E-state index is 0.139. The highest BCUT2D eigenvalue weighted by atomic mass is 19.1. The zero-order chi connectivity index (χ0) is 21.3. The number of aromatic nitrogens is 1. The van der Waals surface area contributed by atoms with E-state index in [1.54, 1.807) is 43.3 Å². The first kappa shape index (κ1) is 19.5. The summed E-state index contributed by atoms with van der Waals surface area (Å²) in [6.07, 6.45) is 0. The summed E-state index contributed by atoms with van der Waals surface area (Å²) in [4.78, 5) is 26.2. The van der Waals surface area contributed by atoms with Crippen molar-refractivity contribution in [3.8, 4) is 5.69 Å². The van der Waals surface area contributed by atoms with E-state index in [9.17, 15) is 18.4 Å². The molecule has 1 amide bonds. The smallest absolute Gasteiger partial charge is 0.263 e. The van der Waals surface area contributed by atoms with Gasteiger partial charge in [0.25, 0.3) is 11.5 Å². The second-order valence-electron chi connectivity index (χ2n) is 6.94. The van der Waals surface area contributed by atoms with Gasteiger partial charge in [-0.25, -0.2) is 8.78 Å². The van der Waals surface area contributed by atoms with E-state index in [1.165, 1.54) is 41.0 Å². The van der Waals surface area contributed by atoms with Gasteiger partial charge in [0, 0.05) is 28.7 Å². The monoisotopic (exact) mass is 404 g/mol. The average molecular weight is 404 g/mol. The maximum absolute atomic E-state index is 13.4. The van der Waals surface area contributed by atoms with Gasteiger partial charge in [0.2, 0.25) is 0 Å². The van der Waals surface area contributed by atoms with Crippen LogP contribution in [0.1, 0.15) is 21.6 Å². The van der Waals surface area contributed by atoms with E-state index < -0.39 is 5.82 Å². The maximum Gasteiger partial charge on any atom is 0.263 e. The van der Waals surface area contributed by atoms with Crippen molar-refractivity contribution in [1.29, 1.82) is 0 Å². The van der Waals surface area contributed by atoms with Gasteiger partial charge in [0.05, 0.1) is 5.56 Å². The Hall–Kier alpha value is -3.80. The van der Waals surface area contributed by atoms with E-state index >= 15 is 0 Å². The van der Waals surface area contributed by atoms with Gasteiger partial charge in [-0.05, 0) is 55.0 Å². The first-order valence-electron chi connectivity index (χ1n) is 9.38. The summed E-state index contributed by atoms with van der Waals surface area (Å²) in [5.41, 5.74) is 1.56. The first-order chi connectivity index (χ1) is 14.5. The van der Waals surface area contributed by atoms with Crippen molar-refractivity contribution >= 4 is 16.7 Å². The van der Waals surface area contributed by atoms with Crippen molar-refractivity contribution < 1.29 is 13.6 Å². The Bertz CT molecular complexity index is 1310. The van der Waals surface area contributed by atoms with Gasteiger partial charge >= 0.3 is 0 Å². The molecule has 3 aromatic carbocycles. The van der Waals surface area contributed by atoms with Crippen LogP contribution in [0.15, 0.2) is 77.6 Å². The van der Waals surface area contributed by atoms with Crippen LogP contribution in [0, 0.1) is 18.6 Å². The SMILES string of the molecule is Cc1c(C(=O)NCc2cccc(F)c2)c2ccccc2c(=O)n1-c1ccc(F)cc1. The lowest BCUT2D eigenvalue weighted by Crippen LogP contribution is -2.29. The fourth-order valence-corrected chi connectivity index (χ4v) is 3.57. The number of amides is 1. The number of fused-ring (bicyclic) bond motifs is 1. The Labute approximate surface area is 171 Å². The molecular weight excluding hydrogens is 386 g/mol.